The molecule has 6 heteroatoms. The molecule has 3 rings (SSSR count). The second-order valence-corrected chi connectivity index (χ2v) is 6.46. The van der Waals surface area contributed by atoms with E-state index in [-0.39, 0.29) is 18.3 Å². The van der Waals surface area contributed by atoms with Gasteiger partial charge in [-0.25, -0.2) is 0 Å². The molecule has 2 aromatic carbocycles. The molecule has 0 saturated carbocycles. The molecule has 0 bridgehead atoms. The fourth-order valence-corrected chi connectivity index (χ4v) is 3.40. The lowest BCUT2D eigenvalue weighted by molar-refractivity contribution is 0.157. The highest BCUT2D eigenvalue weighted by atomic mass is 16.5. The number of aliphatic hydroxyl groups is 1. The van der Waals surface area contributed by atoms with E-state index >= 15 is 0 Å². The zero-order chi connectivity index (χ0) is 20.1. The summed E-state index contributed by atoms with van der Waals surface area (Å²) < 4.78 is 22.3. The lowest BCUT2D eigenvalue weighted by Gasteiger charge is -2.18. The number of ether oxygens (including phenoxy) is 4. The summed E-state index contributed by atoms with van der Waals surface area (Å²) in [5, 5.41) is 19.9. The summed E-state index contributed by atoms with van der Waals surface area (Å²) in [6.45, 7) is 3.06. The van der Waals surface area contributed by atoms with Crippen LogP contribution in [0.3, 0.4) is 0 Å². The molecule has 0 radical (unpaired) electrons. The van der Waals surface area contributed by atoms with Gasteiger partial charge in [-0.3, -0.25) is 0 Å². The van der Waals surface area contributed by atoms with Crippen molar-refractivity contribution in [3.8, 4) is 23.0 Å². The highest BCUT2D eigenvalue weighted by Crippen LogP contribution is 2.51. The van der Waals surface area contributed by atoms with Crippen LogP contribution in [0.5, 0.6) is 23.0 Å². The van der Waals surface area contributed by atoms with Crippen LogP contribution in [0, 0.1) is 0 Å². The highest BCUT2D eigenvalue weighted by Gasteiger charge is 2.37. The Kier molecular flexibility index (Phi) is 6.44. The number of methoxy groups -OCH3 is 2. The van der Waals surface area contributed by atoms with Gasteiger partial charge in [0, 0.05) is 12.2 Å². The van der Waals surface area contributed by atoms with Crippen molar-refractivity contribution in [3.63, 3.8) is 0 Å². The van der Waals surface area contributed by atoms with E-state index in [9.17, 15) is 10.2 Å². The molecule has 2 N–H and O–H groups in total. The lowest BCUT2D eigenvalue weighted by Crippen LogP contribution is -2.13. The molecule has 0 aromatic heterocycles. The summed E-state index contributed by atoms with van der Waals surface area (Å²) in [5.41, 5.74) is 2.64. The maximum Gasteiger partial charge on any atom is 0.165 e. The van der Waals surface area contributed by atoms with Crippen molar-refractivity contribution in [1.82, 2.24) is 0 Å². The number of rotatable bonds is 8. The molecule has 0 unspecified atom stereocenters. The fraction of sp³-hybridized carbons (Fsp3) is 0.364. The standard InChI is InChI=1S/C22H26O6/c1-4-27-9-5-6-14-10-16-17(13-23)21(28-22(16)20(11-14)26-3)15-7-8-18(24)19(12-15)25-2/h5-8,10-12,17,21,23-24H,4,9,13H2,1-3H3/b6-5+/t17-,21+/m0/s1. The van der Waals surface area contributed by atoms with E-state index < -0.39 is 6.10 Å². The Morgan fingerprint density at radius 1 is 1.11 bits per heavy atom. The molecule has 28 heavy (non-hydrogen) atoms. The third-order valence-electron chi connectivity index (χ3n) is 4.79. The summed E-state index contributed by atoms with van der Waals surface area (Å²) >= 11 is 0. The smallest absolute Gasteiger partial charge is 0.165 e. The lowest BCUT2D eigenvalue weighted by atomic mass is 9.90. The van der Waals surface area contributed by atoms with Crippen molar-refractivity contribution in [1.29, 1.82) is 0 Å². The van der Waals surface area contributed by atoms with Gasteiger partial charge in [-0.15, -0.1) is 0 Å². The largest absolute Gasteiger partial charge is 0.504 e. The molecule has 0 saturated heterocycles. The van der Waals surface area contributed by atoms with Gasteiger partial charge in [0.25, 0.3) is 0 Å². The van der Waals surface area contributed by atoms with Gasteiger partial charge in [0.15, 0.2) is 23.0 Å². The average molecular weight is 386 g/mol. The van der Waals surface area contributed by atoms with E-state index in [1.165, 1.54) is 7.11 Å². The van der Waals surface area contributed by atoms with Gasteiger partial charge < -0.3 is 29.2 Å². The Labute approximate surface area is 164 Å². The summed E-state index contributed by atoms with van der Waals surface area (Å²) in [6, 6.07) is 8.96. The monoisotopic (exact) mass is 386 g/mol. The van der Waals surface area contributed by atoms with Gasteiger partial charge >= 0.3 is 0 Å². The van der Waals surface area contributed by atoms with E-state index in [2.05, 4.69) is 0 Å². The van der Waals surface area contributed by atoms with Crippen molar-refractivity contribution in [3.05, 3.63) is 53.1 Å². The molecule has 0 aliphatic carbocycles. The molecule has 0 amide bonds. The Morgan fingerprint density at radius 2 is 1.89 bits per heavy atom. The molecule has 0 spiro atoms. The first-order valence-electron chi connectivity index (χ1n) is 9.23. The van der Waals surface area contributed by atoms with Crippen LogP contribution in [0.2, 0.25) is 0 Å². The van der Waals surface area contributed by atoms with Crippen LogP contribution in [-0.2, 0) is 4.74 Å². The quantitative estimate of drug-likeness (QED) is 0.674. The van der Waals surface area contributed by atoms with Crippen LogP contribution >= 0.6 is 0 Å². The minimum atomic E-state index is -0.411. The molecule has 1 heterocycles. The zero-order valence-electron chi connectivity index (χ0n) is 16.3. The van der Waals surface area contributed by atoms with Gasteiger partial charge in [0.05, 0.1) is 33.4 Å². The number of hydrogen-bond donors (Lipinski definition) is 2. The van der Waals surface area contributed by atoms with E-state index in [0.717, 1.165) is 16.7 Å². The second-order valence-electron chi connectivity index (χ2n) is 6.46. The molecule has 1 aliphatic rings. The number of aliphatic hydroxyl groups excluding tert-OH is 1. The van der Waals surface area contributed by atoms with E-state index in [4.69, 9.17) is 18.9 Å². The average Bonchev–Trinajstić information content (AvgIpc) is 3.09. The van der Waals surface area contributed by atoms with Crippen molar-refractivity contribution in [2.75, 3.05) is 34.0 Å². The van der Waals surface area contributed by atoms with Crippen molar-refractivity contribution in [2.45, 2.75) is 18.9 Å². The van der Waals surface area contributed by atoms with E-state index in [1.807, 2.05) is 31.2 Å². The topological polar surface area (TPSA) is 77.4 Å². The molecule has 6 nitrogen and oxygen atoms in total. The summed E-state index contributed by atoms with van der Waals surface area (Å²) in [4.78, 5) is 0. The van der Waals surface area contributed by atoms with Crippen LogP contribution in [-0.4, -0.2) is 44.3 Å². The predicted octanol–water partition coefficient (Wildman–Crippen LogP) is 3.67. The Hall–Kier alpha value is -2.70. The van der Waals surface area contributed by atoms with Crippen LogP contribution in [0.25, 0.3) is 6.08 Å². The number of phenols is 1. The Morgan fingerprint density at radius 3 is 2.57 bits per heavy atom. The fourth-order valence-electron chi connectivity index (χ4n) is 3.40. The van der Waals surface area contributed by atoms with Crippen molar-refractivity contribution >= 4 is 6.08 Å². The number of benzene rings is 2. The summed E-state index contributed by atoms with van der Waals surface area (Å²) in [6.07, 6.45) is 3.49. The van der Waals surface area contributed by atoms with Gasteiger partial charge in [-0.2, -0.15) is 0 Å². The predicted molar refractivity (Wildman–Crippen MR) is 106 cm³/mol. The van der Waals surface area contributed by atoms with Crippen LogP contribution in [0.1, 0.15) is 35.6 Å². The zero-order valence-corrected chi connectivity index (χ0v) is 16.3. The van der Waals surface area contributed by atoms with Crippen LogP contribution < -0.4 is 14.2 Å². The maximum absolute atomic E-state index is 10.1. The first kappa shape index (κ1) is 20.0. The summed E-state index contributed by atoms with van der Waals surface area (Å²) in [7, 11) is 3.09. The van der Waals surface area contributed by atoms with Gasteiger partial charge in [0.2, 0.25) is 0 Å². The highest BCUT2D eigenvalue weighted by molar-refractivity contribution is 5.62. The number of fused-ring (bicyclic) bond motifs is 1. The van der Waals surface area contributed by atoms with E-state index in [0.29, 0.717) is 30.5 Å². The molecule has 1 aliphatic heterocycles. The second kappa shape index (κ2) is 8.99. The molecule has 150 valence electrons. The normalized spacial score (nSPS) is 18.1. The third kappa shape index (κ3) is 3.93. The van der Waals surface area contributed by atoms with Gasteiger partial charge in [-0.05, 0) is 42.3 Å². The van der Waals surface area contributed by atoms with Crippen molar-refractivity contribution < 1.29 is 29.2 Å². The third-order valence-corrected chi connectivity index (χ3v) is 4.79. The molecular formula is C22H26O6. The minimum Gasteiger partial charge on any atom is -0.504 e. The number of phenolic OH excluding ortho intramolecular Hbond substituents is 1. The van der Waals surface area contributed by atoms with Gasteiger partial charge in [-0.1, -0.05) is 18.2 Å². The molecule has 2 aromatic rings. The molecular weight excluding hydrogens is 360 g/mol. The number of hydrogen-bond acceptors (Lipinski definition) is 6. The van der Waals surface area contributed by atoms with E-state index in [1.54, 1.807) is 25.3 Å². The van der Waals surface area contributed by atoms with Gasteiger partial charge in [0.1, 0.15) is 6.10 Å². The SMILES string of the molecule is CCOC/C=C/c1cc(OC)c2c(c1)[C@H](CO)[C@@H](c1ccc(O)c(OC)c1)O2. The Balaban J connectivity index is 1.96. The number of aromatic hydroxyl groups is 1. The maximum atomic E-state index is 10.1. The molecule has 0 fully saturated rings. The Bertz CT molecular complexity index is 845. The summed E-state index contributed by atoms with van der Waals surface area (Å²) in [5.74, 6) is 1.39. The first-order valence-corrected chi connectivity index (χ1v) is 9.23. The first-order chi connectivity index (χ1) is 13.6. The minimum absolute atomic E-state index is 0.0570. The van der Waals surface area contributed by atoms with Crippen LogP contribution in [0.4, 0.5) is 0 Å². The molecule has 2 atom stereocenters. The van der Waals surface area contributed by atoms with Crippen molar-refractivity contribution in [2.24, 2.45) is 0 Å². The van der Waals surface area contributed by atoms with Crippen LogP contribution in [0.15, 0.2) is 36.4 Å².